The Morgan fingerprint density at radius 1 is 1.20 bits per heavy atom. The number of methoxy groups -OCH3 is 1. The van der Waals surface area contributed by atoms with Crippen molar-refractivity contribution >= 4 is 12.0 Å². The van der Waals surface area contributed by atoms with Crippen LogP contribution < -0.4 is 15.5 Å². The van der Waals surface area contributed by atoms with Gasteiger partial charge in [-0.2, -0.15) is 0 Å². The smallest absolute Gasteiger partial charge is 0.266 e. The summed E-state index contributed by atoms with van der Waals surface area (Å²) in [5.74, 6) is -0.135. The standard InChI is InChI=1S/C23H29FN2O4/c1-16(24)23(3,28)22(2,21(27)26-29)25-14-6-7-17-10-12-18(13-11-17)19-8-5-9-20(15-19)30-4/h5-13,15-16,25,28-29H,14H2,1-4H3,(H,26,27)/b7-6+/t16?,22-,23-/m1/s1. The SMILES string of the molecule is COc1cccc(-c2ccc(/C=C/CN[C@](C)(C(=O)NO)[C@](C)(O)C(C)F)cc2)c1. The first kappa shape index (κ1) is 23.5. The third kappa shape index (κ3) is 5.05. The number of halogens is 1. The summed E-state index contributed by atoms with van der Waals surface area (Å²) in [5.41, 5.74) is 0.739. The maximum atomic E-state index is 13.9. The van der Waals surface area contributed by atoms with E-state index in [9.17, 15) is 14.3 Å². The fourth-order valence-electron chi connectivity index (χ4n) is 3.05. The fourth-order valence-corrected chi connectivity index (χ4v) is 3.05. The molecule has 6 nitrogen and oxygen atoms in total. The lowest BCUT2D eigenvalue weighted by Gasteiger charge is -2.42. The Kier molecular flexibility index (Phi) is 7.72. The van der Waals surface area contributed by atoms with E-state index >= 15 is 0 Å². The van der Waals surface area contributed by atoms with Crippen LogP contribution in [0.1, 0.15) is 26.3 Å². The van der Waals surface area contributed by atoms with E-state index in [0.717, 1.165) is 29.4 Å². The molecule has 0 saturated carbocycles. The van der Waals surface area contributed by atoms with E-state index in [1.807, 2.05) is 54.6 Å². The summed E-state index contributed by atoms with van der Waals surface area (Å²) in [6.07, 6.45) is 1.88. The molecule has 7 heteroatoms. The van der Waals surface area contributed by atoms with Gasteiger partial charge in [-0.25, -0.2) is 9.87 Å². The molecule has 0 aliphatic rings. The zero-order valence-electron chi connectivity index (χ0n) is 17.6. The van der Waals surface area contributed by atoms with E-state index in [1.54, 1.807) is 13.2 Å². The summed E-state index contributed by atoms with van der Waals surface area (Å²) < 4.78 is 19.1. The molecule has 0 spiro atoms. The molecule has 3 atom stereocenters. The molecule has 30 heavy (non-hydrogen) atoms. The quantitative estimate of drug-likeness (QED) is 0.372. The predicted molar refractivity (Wildman–Crippen MR) is 115 cm³/mol. The minimum absolute atomic E-state index is 0.171. The van der Waals surface area contributed by atoms with Crippen LogP contribution in [0.2, 0.25) is 0 Å². The lowest BCUT2D eigenvalue weighted by Crippen LogP contribution is -2.70. The zero-order valence-corrected chi connectivity index (χ0v) is 17.6. The Hall–Kier alpha value is -2.74. The second-order valence-electron chi connectivity index (χ2n) is 7.47. The molecule has 2 aromatic carbocycles. The van der Waals surface area contributed by atoms with Gasteiger partial charge in [0, 0.05) is 6.54 Å². The molecule has 1 amide bonds. The average Bonchev–Trinajstić information content (AvgIpc) is 2.76. The second-order valence-corrected chi connectivity index (χ2v) is 7.47. The van der Waals surface area contributed by atoms with Gasteiger partial charge in [0.05, 0.1) is 7.11 Å². The minimum Gasteiger partial charge on any atom is -0.497 e. The molecule has 2 rings (SSSR count). The maximum absolute atomic E-state index is 13.9. The molecule has 0 aliphatic heterocycles. The van der Waals surface area contributed by atoms with Gasteiger partial charge in [-0.3, -0.25) is 15.3 Å². The van der Waals surface area contributed by atoms with Gasteiger partial charge in [0.25, 0.3) is 5.91 Å². The first-order chi connectivity index (χ1) is 14.2. The third-order valence-electron chi connectivity index (χ3n) is 5.54. The van der Waals surface area contributed by atoms with Gasteiger partial charge in [0.15, 0.2) is 0 Å². The van der Waals surface area contributed by atoms with Crippen molar-refractivity contribution in [3.8, 4) is 16.9 Å². The highest BCUT2D eigenvalue weighted by Crippen LogP contribution is 2.28. The number of aliphatic hydroxyl groups is 1. The van der Waals surface area contributed by atoms with Crippen LogP contribution in [-0.4, -0.2) is 47.2 Å². The van der Waals surface area contributed by atoms with Crippen molar-refractivity contribution in [3.05, 3.63) is 60.2 Å². The van der Waals surface area contributed by atoms with E-state index in [1.165, 1.54) is 19.3 Å². The number of ether oxygens (including phenoxy) is 1. The fraction of sp³-hybridized carbons (Fsp3) is 0.348. The highest BCUT2D eigenvalue weighted by Gasteiger charge is 2.52. The van der Waals surface area contributed by atoms with Crippen LogP contribution in [0.25, 0.3) is 17.2 Å². The highest BCUT2D eigenvalue weighted by molar-refractivity contribution is 5.86. The molecule has 0 heterocycles. The van der Waals surface area contributed by atoms with Crippen LogP contribution in [0.3, 0.4) is 0 Å². The maximum Gasteiger partial charge on any atom is 0.266 e. The van der Waals surface area contributed by atoms with Crippen molar-refractivity contribution in [2.75, 3.05) is 13.7 Å². The van der Waals surface area contributed by atoms with Crippen molar-refractivity contribution in [2.24, 2.45) is 0 Å². The number of amides is 1. The van der Waals surface area contributed by atoms with Gasteiger partial charge in [-0.15, -0.1) is 0 Å². The highest BCUT2D eigenvalue weighted by atomic mass is 19.1. The number of hydroxylamine groups is 1. The molecule has 1 unspecified atom stereocenters. The number of rotatable bonds is 9. The number of nitrogens with one attached hydrogen (secondary N) is 2. The molecule has 162 valence electrons. The summed E-state index contributed by atoms with van der Waals surface area (Å²) in [7, 11) is 1.63. The molecular weight excluding hydrogens is 387 g/mol. The Morgan fingerprint density at radius 3 is 2.43 bits per heavy atom. The van der Waals surface area contributed by atoms with Gasteiger partial charge >= 0.3 is 0 Å². The van der Waals surface area contributed by atoms with E-state index in [4.69, 9.17) is 9.94 Å². The molecule has 0 saturated heterocycles. The van der Waals surface area contributed by atoms with Gasteiger partial charge < -0.3 is 9.84 Å². The Morgan fingerprint density at radius 2 is 1.87 bits per heavy atom. The Bertz CT molecular complexity index is 881. The van der Waals surface area contributed by atoms with Crippen LogP contribution >= 0.6 is 0 Å². The van der Waals surface area contributed by atoms with Crippen LogP contribution in [0.15, 0.2) is 54.6 Å². The van der Waals surface area contributed by atoms with Crippen LogP contribution in [0.5, 0.6) is 5.75 Å². The molecular formula is C23H29FN2O4. The van der Waals surface area contributed by atoms with Gasteiger partial charge in [0.2, 0.25) is 0 Å². The number of hydrogen-bond acceptors (Lipinski definition) is 5. The second kappa shape index (κ2) is 9.84. The number of carbonyl (C=O) groups excluding carboxylic acids is 1. The van der Waals surface area contributed by atoms with Crippen molar-refractivity contribution in [3.63, 3.8) is 0 Å². The molecule has 0 aliphatic carbocycles. The number of hydrogen-bond donors (Lipinski definition) is 4. The Labute approximate surface area is 176 Å². The molecule has 0 bridgehead atoms. The van der Waals surface area contributed by atoms with Crippen molar-refractivity contribution < 1.29 is 24.2 Å². The molecule has 0 aromatic heterocycles. The molecule has 0 radical (unpaired) electrons. The summed E-state index contributed by atoms with van der Waals surface area (Å²) >= 11 is 0. The molecule has 0 fully saturated rings. The zero-order chi connectivity index (χ0) is 22.4. The van der Waals surface area contributed by atoms with Gasteiger partial charge in [-0.1, -0.05) is 48.6 Å². The summed E-state index contributed by atoms with van der Waals surface area (Å²) in [4.78, 5) is 12.1. The third-order valence-corrected chi connectivity index (χ3v) is 5.54. The van der Waals surface area contributed by atoms with Crippen molar-refractivity contribution in [1.29, 1.82) is 0 Å². The Balaban J connectivity index is 2.08. The average molecular weight is 416 g/mol. The lowest BCUT2D eigenvalue weighted by atomic mass is 9.78. The normalized spacial score (nSPS) is 16.5. The lowest BCUT2D eigenvalue weighted by molar-refractivity contribution is -0.153. The van der Waals surface area contributed by atoms with Gasteiger partial charge in [0.1, 0.15) is 23.1 Å². The van der Waals surface area contributed by atoms with E-state index in [2.05, 4.69) is 5.32 Å². The monoisotopic (exact) mass is 416 g/mol. The van der Waals surface area contributed by atoms with E-state index in [0.29, 0.717) is 0 Å². The molecule has 4 N–H and O–H groups in total. The largest absolute Gasteiger partial charge is 0.497 e. The summed E-state index contributed by atoms with van der Waals surface area (Å²) in [6, 6.07) is 15.7. The van der Waals surface area contributed by atoms with Crippen molar-refractivity contribution in [2.45, 2.75) is 38.1 Å². The van der Waals surface area contributed by atoms with Crippen LogP contribution in [-0.2, 0) is 4.79 Å². The van der Waals surface area contributed by atoms with Gasteiger partial charge in [-0.05, 0) is 49.6 Å². The first-order valence-electron chi connectivity index (χ1n) is 9.62. The summed E-state index contributed by atoms with van der Waals surface area (Å²) in [5, 5.41) is 22.3. The topological polar surface area (TPSA) is 90.8 Å². The first-order valence-corrected chi connectivity index (χ1v) is 9.62. The number of benzene rings is 2. The van der Waals surface area contributed by atoms with Crippen molar-refractivity contribution in [1.82, 2.24) is 10.8 Å². The van der Waals surface area contributed by atoms with Crippen LogP contribution in [0, 0.1) is 0 Å². The van der Waals surface area contributed by atoms with E-state index in [-0.39, 0.29) is 6.54 Å². The number of carbonyl (C=O) groups is 1. The summed E-state index contributed by atoms with van der Waals surface area (Å²) in [6.45, 7) is 3.88. The predicted octanol–water partition coefficient (Wildman–Crippen LogP) is 3.34. The number of alkyl halides is 1. The van der Waals surface area contributed by atoms with E-state index < -0.39 is 23.2 Å². The van der Waals surface area contributed by atoms with Crippen LogP contribution in [0.4, 0.5) is 4.39 Å². The minimum atomic E-state index is -2.04. The molecule has 2 aromatic rings.